The van der Waals surface area contributed by atoms with Gasteiger partial charge in [0, 0.05) is 30.0 Å². The van der Waals surface area contributed by atoms with Gasteiger partial charge in [0.25, 0.3) is 15.9 Å². The summed E-state index contributed by atoms with van der Waals surface area (Å²) >= 11 is 6.13. The van der Waals surface area contributed by atoms with Gasteiger partial charge in [0.1, 0.15) is 4.90 Å². The number of sulfonamides is 2. The van der Waals surface area contributed by atoms with Crippen LogP contribution >= 0.6 is 11.6 Å². The molecule has 0 radical (unpaired) electrons. The molecule has 0 unspecified atom stereocenters. The molecule has 8 nitrogen and oxygen atoms in total. The number of amides is 1. The van der Waals surface area contributed by atoms with Crippen molar-refractivity contribution in [1.82, 2.24) is 4.31 Å². The van der Waals surface area contributed by atoms with Gasteiger partial charge >= 0.3 is 0 Å². The van der Waals surface area contributed by atoms with Crippen molar-refractivity contribution in [2.24, 2.45) is 0 Å². The van der Waals surface area contributed by atoms with E-state index in [9.17, 15) is 21.6 Å². The molecule has 11 heteroatoms. The average molecular weight is 536 g/mol. The number of anilines is 2. The van der Waals surface area contributed by atoms with Crippen LogP contribution in [0.3, 0.4) is 0 Å². The van der Waals surface area contributed by atoms with Gasteiger partial charge in [0.15, 0.2) is 0 Å². The zero-order valence-electron chi connectivity index (χ0n) is 19.4. The van der Waals surface area contributed by atoms with E-state index in [1.165, 1.54) is 46.8 Å². The van der Waals surface area contributed by atoms with Crippen LogP contribution in [0, 0.1) is 6.92 Å². The van der Waals surface area contributed by atoms with Crippen LogP contribution in [-0.2, 0) is 20.0 Å². The number of halogens is 1. The van der Waals surface area contributed by atoms with E-state index in [-0.39, 0.29) is 20.4 Å². The van der Waals surface area contributed by atoms with Crippen molar-refractivity contribution in [3.8, 4) is 0 Å². The molecule has 0 aliphatic heterocycles. The fraction of sp³-hybridized carbons (Fsp3) is 0.208. The molecule has 3 aromatic carbocycles. The number of nitrogens with zero attached hydrogens (tertiary/aromatic N) is 1. The second kappa shape index (κ2) is 10.8. The Morgan fingerprint density at radius 1 is 0.857 bits per heavy atom. The molecule has 0 aliphatic carbocycles. The monoisotopic (exact) mass is 535 g/mol. The lowest BCUT2D eigenvalue weighted by Gasteiger charge is -2.18. The van der Waals surface area contributed by atoms with Crippen molar-refractivity contribution >= 4 is 48.9 Å². The summed E-state index contributed by atoms with van der Waals surface area (Å²) in [6.45, 7) is 6.09. The summed E-state index contributed by atoms with van der Waals surface area (Å²) in [7, 11) is -7.68. The van der Waals surface area contributed by atoms with Crippen molar-refractivity contribution < 1.29 is 21.6 Å². The molecule has 0 spiro atoms. The molecule has 0 aliphatic rings. The van der Waals surface area contributed by atoms with Gasteiger partial charge in [0.05, 0.1) is 9.92 Å². The minimum atomic E-state index is -4.05. The zero-order valence-corrected chi connectivity index (χ0v) is 21.8. The molecule has 3 aromatic rings. The topological polar surface area (TPSA) is 113 Å². The van der Waals surface area contributed by atoms with Crippen molar-refractivity contribution in [2.45, 2.75) is 30.6 Å². The van der Waals surface area contributed by atoms with Crippen LogP contribution in [0.1, 0.15) is 29.8 Å². The van der Waals surface area contributed by atoms with Crippen molar-refractivity contribution in [2.75, 3.05) is 23.1 Å². The Morgan fingerprint density at radius 2 is 1.43 bits per heavy atom. The van der Waals surface area contributed by atoms with Crippen molar-refractivity contribution in [3.05, 3.63) is 82.9 Å². The summed E-state index contributed by atoms with van der Waals surface area (Å²) in [5.41, 5.74) is 1.76. The second-order valence-electron chi connectivity index (χ2n) is 7.68. The van der Waals surface area contributed by atoms with Crippen molar-refractivity contribution in [1.29, 1.82) is 0 Å². The summed E-state index contributed by atoms with van der Waals surface area (Å²) < 4.78 is 54.8. The van der Waals surface area contributed by atoms with Gasteiger partial charge < -0.3 is 5.32 Å². The lowest BCUT2D eigenvalue weighted by molar-refractivity contribution is 0.102. The first-order valence-corrected chi connectivity index (χ1v) is 14.1. The Kier molecular flexibility index (Phi) is 8.22. The molecular formula is C24H26ClN3O5S2. The molecule has 186 valence electrons. The van der Waals surface area contributed by atoms with E-state index in [2.05, 4.69) is 10.0 Å². The molecule has 0 saturated heterocycles. The summed E-state index contributed by atoms with van der Waals surface area (Å²) in [4.78, 5) is 12.7. The molecular weight excluding hydrogens is 510 g/mol. The van der Waals surface area contributed by atoms with Gasteiger partial charge in [-0.15, -0.1) is 0 Å². The maximum absolute atomic E-state index is 12.9. The lowest BCUT2D eigenvalue weighted by Crippen LogP contribution is -2.30. The molecule has 0 bridgehead atoms. The van der Waals surface area contributed by atoms with E-state index in [0.717, 1.165) is 5.56 Å². The van der Waals surface area contributed by atoms with E-state index >= 15 is 0 Å². The lowest BCUT2D eigenvalue weighted by atomic mass is 10.2. The molecule has 2 N–H and O–H groups in total. The van der Waals surface area contributed by atoms with Crippen LogP contribution < -0.4 is 10.0 Å². The third-order valence-corrected chi connectivity index (χ3v) is 9.17. The maximum Gasteiger partial charge on any atom is 0.263 e. The number of hydrogen-bond acceptors (Lipinski definition) is 5. The standard InChI is InChI=1S/C24H26ClN3O5S2/c1-4-28(5-2)35(32,33)21-13-11-19(12-14-21)26-24(29)18-8-15-22(25)23(16-18)34(30,31)27-20-9-6-17(3)7-10-20/h6-16,27H,4-5H2,1-3H3,(H,26,29). The number of aryl methyl sites for hydroxylation is 1. The third-order valence-electron chi connectivity index (χ3n) is 5.24. The SMILES string of the molecule is CCN(CC)S(=O)(=O)c1ccc(NC(=O)c2ccc(Cl)c(S(=O)(=O)Nc3ccc(C)cc3)c2)cc1. The summed E-state index contributed by atoms with van der Waals surface area (Å²) in [6.07, 6.45) is 0. The fourth-order valence-electron chi connectivity index (χ4n) is 3.31. The highest BCUT2D eigenvalue weighted by Gasteiger charge is 2.22. The molecule has 3 rings (SSSR count). The van der Waals surface area contributed by atoms with E-state index in [4.69, 9.17) is 11.6 Å². The molecule has 0 atom stereocenters. The van der Waals surface area contributed by atoms with Crippen LogP contribution in [0.4, 0.5) is 11.4 Å². The number of rotatable bonds is 9. The molecule has 0 fully saturated rings. The Morgan fingerprint density at radius 3 is 2.00 bits per heavy atom. The fourth-order valence-corrected chi connectivity index (χ4v) is 6.35. The number of benzene rings is 3. The smallest absolute Gasteiger partial charge is 0.263 e. The quantitative estimate of drug-likeness (QED) is 0.411. The van der Waals surface area contributed by atoms with E-state index < -0.39 is 26.0 Å². The predicted octanol–water partition coefficient (Wildman–Crippen LogP) is 4.73. The van der Waals surface area contributed by atoms with Gasteiger partial charge in [-0.3, -0.25) is 9.52 Å². The van der Waals surface area contributed by atoms with Gasteiger partial charge in [0.2, 0.25) is 10.0 Å². The third kappa shape index (κ3) is 6.21. The molecule has 1 amide bonds. The Bertz CT molecular complexity index is 1420. The number of carbonyl (C=O) groups is 1. The molecule has 0 heterocycles. The molecule has 0 saturated carbocycles. The summed E-state index contributed by atoms with van der Waals surface area (Å²) in [5, 5.41) is 2.61. The zero-order chi connectivity index (χ0) is 25.8. The minimum absolute atomic E-state index is 0.0351. The highest BCUT2D eigenvalue weighted by Crippen LogP contribution is 2.26. The van der Waals surface area contributed by atoms with Gasteiger partial charge in [-0.1, -0.05) is 43.1 Å². The van der Waals surface area contributed by atoms with Gasteiger partial charge in [-0.2, -0.15) is 4.31 Å². The Hall–Kier alpha value is -2.92. The predicted molar refractivity (Wildman–Crippen MR) is 138 cm³/mol. The van der Waals surface area contributed by atoms with Crippen LogP contribution in [0.5, 0.6) is 0 Å². The second-order valence-corrected chi connectivity index (χ2v) is 11.7. The summed E-state index contributed by atoms with van der Waals surface area (Å²) in [5.74, 6) is -0.576. The maximum atomic E-state index is 12.9. The number of nitrogens with one attached hydrogen (secondary N) is 2. The first-order valence-electron chi connectivity index (χ1n) is 10.8. The number of carbonyl (C=O) groups excluding carboxylic acids is 1. The number of hydrogen-bond donors (Lipinski definition) is 2. The first kappa shape index (κ1) is 26.7. The normalized spacial score (nSPS) is 11.9. The van der Waals surface area contributed by atoms with Crippen LogP contribution in [-0.4, -0.2) is 40.1 Å². The van der Waals surface area contributed by atoms with E-state index in [1.807, 2.05) is 6.92 Å². The van der Waals surface area contributed by atoms with Gasteiger partial charge in [-0.25, -0.2) is 16.8 Å². The average Bonchev–Trinajstić information content (AvgIpc) is 2.81. The van der Waals surface area contributed by atoms with Crippen LogP contribution in [0.15, 0.2) is 76.5 Å². The van der Waals surface area contributed by atoms with Crippen molar-refractivity contribution in [3.63, 3.8) is 0 Å². The summed E-state index contributed by atoms with van der Waals surface area (Å²) in [6, 6.07) is 16.5. The van der Waals surface area contributed by atoms with Crippen LogP contribution in [0.2, 0.25) is 5.02 Å². The van der Waals surface area contributed by atoms with Gasteiger partial charge in [-0.05, 0) is 61.5 Å². The van der Waals surface area contributed by atoms with Crippen LogP contribution in [0.25, 0.3) is 0 Å². The Labute approximate surface area is 211 Å². The minimum Gasteiger partial charge on any atom is -0.322 e. The molecule has 35 heavy (non-hydrogen) atoms. The largest absolute Gasteiger partial charge is 0.322 e. The highest BCUT2D eigenvalue weighted by molar-refractivity contribution is 7.92. The highest BCUT2D eigenvalue weighted by atomic mass is 35.5. The Balaban J connectivity index is 1.81. The van der Waals surface area contributed by atoms with E-state index in [0.29, 0.717) is 24.5 Å². The molecule has 0 aromatic heterocycles. The first-order chi connectivity index (χ1) is 16.5. The van der Waals surface area contributed by atoms with E-state index in [1.54, 1.807) is 38.1 Å².